The van der Waals surface area contributed by atoms with Gasteiger partial charge in [0.05, 0.1) is 0 Å². The minimum atomic E-state index is -2.49. The van der Waals surface area contributed by atoms with Crippen molar-refractivity contribution in [2.45, 2.75) is 63.3 Å². The molecule has 0 heterocycles. The third-order valence-corrected chi connectivity index (χ3v) is 4.31. The fraction of sp³-hybridized carbons (Fsp3) is 1.00. The molecule has 2 fully saturated rings. The summed E-state index contributed by atoms with van der Waals surface area (Å²) in [6.07, 6.45) is 5.40. The van der Waals surface area contributed by atoms with E-state index in [4.69, 9.17) is 5.73 Å². The molecule has 0 aliphatic heterocycles. The molecule has 0 aromatic carbocycles. The van der Waals surface area contributed by atoms with Gasteiger partial charge in [-0.05, 0) is 18.3 Å². The van der Waals surface area contributed by atoms with Crippen molar-refractivity contribution >= 4 is 0 Å². The Kier molecular flexibility index (Phi) is 2.15. The third kappa shape index (κ3) is 1.46. The first-order valence-corrected chi connectivity index (χ1v) is 5.54. The standard InChI is InChI=1S/C11H19F2N/c1-9(5-3-2-4-6-9)10(14)7-11(12,13)8-10/h2-8,14H2,1H3. The van der Waals surface area contributed by atoms with E-state index < -0.39 is 11.5 Å². The summed E-state index contributed by atoms with van der Waals surface area (Å²) in [5.74, 6) is -2.49. The van der Waals surface area contributed by atoms with E-state index in [0.29, 0.717) is 0 Å². The number of halogens is 2. The maximum absolute atomic E-state index is 12.9. The van der Waals surface area contributed by atoms with Gasteiger partial charge in [-0.2, -0.15) is 0 Å². The average molecular weight is 203 g/mol. The van der Waals surface area contributed by atoms with Crippen LogP contribution in [0.25, 0.3) is 0 Å². The quantitative estimate of drug-likeness (QED) is 0.696. The lowest BCUT2D eigenvalue weighted by Crippen LogP contribution is -2.67. The molecule has 0 aromatic heterocycles. The molecule has 82 valence electrons. The molecule has 0 aromatic rings. The molecule has 0 bridgehead atoms. The minimum Gasteiger partial charge on any atom is -0.324 e. The van der Waals surface area contributed by atoms with E-state index in [1.54, 1.807) is 0 Å². The van der Waals surface area contributed by atoms with Crippen molar-refractivity contribution in [3.05, 3.63) is 0 Å². The van der Waals surface area contributed by atoms with Gasteiger partial charge < -0.3 is 5.73 Å². The summed E-state index contributed by atoms with van der Waals surface area (Å²) < 4.78 is 25.8. The summed E-state index contributed by atoms with van der Waals surface area (Å²) in [5, 5.41) is 0. The molecule has 2 rings (SSSR count). The Bertz CT molecular complexity index is 223. The van der Waals surface area contributed by atoms with E-state index in [9.17, 15) is 8.78 Å². The van der Waals surface area contributed by atoms with Crippen LogP contribution in [0.4, 0.5) is 8.78 Å². The van der Waals surface area contributed by atoms with E-state index in [-0.39, 0.29) is 18.3 Å². The Balaban J connectivity index is 2.07. The van der Waals surface area contributed by atoms with E-state index in [1.807, 2.05) is 0 Å². The van der Waals surface area contributed by atoms with Crippen molar-refractivity contribution in [3.8, 4) is 0 Å². The Hall–Kier alpha value is -0.180. The van der Waals surface area contributed by atoms with Crippen LogP contribution in [0.2, 0.25) is 0 Å². The first-order chi connectivity index (χ1) is 6.37. The topological polar surface area (TPSA) is 26.0 Å². The molecule has 0 unspecified atom stereocenters. The van der Waals surface area contributed by atoms with Gasteiger partial charge >= 0.3 is 0 Å². The first kappa shape index (κ1) is 10.3. The summed E-state index contributed by atoms with van der Waals surface area (Å²) in [4.78, 5) is 0. The number of nitrogens with two attached hydrogens (primary N) is 1. The van der Waals surface area contributed by atoms with Crippen molar-refractivity contribution in [1.82, 2.24) is 0 Å². The highest BCUT2D eigenvalue weighted by Crippen LogP contribution is 2.57. The molecule has 2 aliphatic rings. The van der Waals surface area contributed by atoms with Crippen LogP contribution < -0.4 is 5.73 Å². The Morgan fingerprint density at radius 2 is 1.50 bits per heavy atom. The van der Waals surface area contributed by atoms with Gasteiger partial charge in [0.1, 0.15) is 0 Å². The normalized spacial score (nSPS) is 33.4. The molecule has 14 heavy (non-hydrogen) atoms. The zero-order chi connectivity index (χ0) is 10.4. The maximum Gasteiger partial charge on any atom is 0.251 e. The van der Waals surface area contributed by atoms with Crippen LogP contribution >= 0.6 is 0 Å². The van der Waals surface area contributed by atoms with Crippen LogP contribution in [-0.4, -0.2) is 11.5 Å². The van der Waals surface area contributed by atoms with Gasteiger partial charge in [-0.25, -0.2) is 8.78 Å². The van der Waals surface area contributed by atoms with Gasteiger partial charge in [-0.1, -0.05) is 26.2 Å². The van der Waals surface area contributed by atoms with E-state index in [2.05, 4.69) is 6.92 Å². The molecular formula is C11H19F2N. The van der Waals surface area contributed by atoms with Crippen LogP contribution in [0, 0.1) is 5.41 Å². The van der Waals surface area contributed by atoms with Crippen molar-refractivity contribution in [1.29, 1.82) is 0 Å². The molecule has 0 saturated heterocycles. The smallest absolute Gasteiger partial charge is 0.251 e. The second-order valence-electron chi connectivity index (χ2n) is 5.49. The molecule has 0 atom stereocenters. The highest BCUT2D eigenvalue weighted by atomic mass is 19.3. The Morgan fingerprint density at radius 3 is 1.93 bits per heavy atom. The van der Waals surface area contributed by atoms with Crippen LogP contribution in [0.15, 0.2) is 0 Å². The van der Waals surface area contributed by atoms with E-state index >= 15 is 0 Å². The summed E-state index contributed by atoms with van der Waals surface area (Å²) in [7, 11) is 0. The van der Waals surface area contributed by atoms with Gasteiger partial charge in [-0.3, -0.25) is 0 Å². The van der Waals surface area contributed by atoms with E-state index in [1.165, 1.54) is 6.42 Å². The highest BCUT2D eigenvalue weighted by molar-refractivity contribution is 5.12. The monoisotopic (exact) mass is 203 g/mol. The second-order valence-corrected chi connectivity index (χ2v) is 5.49. The zero-order valence-electron chi connectivity index (χ0n) is 8.78. The lowest BCUT2D eigenvalue weighted by molar-refractivity contribution is -0.165. The maximum atomic E-state index is 12.9. The summed E-state index contributed by atoms with van der Waals surface area (Å²) in [6.45, 7) is 2.10. The van der Waals surface area contributed by atoms with Crippen LogP contribution in [0.5, 0.6) is 0 Å². The fourth-order valence-corrected chi connectivity index (χ4v) is 3.13. The second kappa shape index (κ2) is 2.91. The minimum absolute atomic E-state index is 0.0348. The summed E-state index contributed by atoms with van der Waals surface area (Å²) in [5.41, 5.74) is 5.49. The fourth-order valence-electron chi connectivity index (χ4n) is 3.13. The molecule has 2 N–H and O–H groups in total. The van der Waals surface area contributed by atoms with Gasteiger partial charge in [0.25, 0.3) is 5.92 Å². The molecule has 0 radical (unpaired) electrons. The number of hydrogen-bond acceptors (Lipinski definition) is 1. The Labute approximate surface area is 84.0 Å². The van der Waals surface area contributed by atoms with E-state index in [0.717, 1.165) is 25.7 Å². The largest absolute Gasteiger partial charge is 0.324 e. The van der Waals surface area contributed by atoms with Crippen LogP contribution in [0.3, 0.4) is 0 Å². The molecule has 0 amide bonds. The molecule has 2 aliphatic carbocycles. The number of hydrogen-bond donors (Lipinski definition) is 1. The van der Waals surface area contributed by atoms with Gasteiger partial charge in [0.15, 0.2) is 0 Å². The van der Waals surface area contributed by atoms with Crippen LogP contribution in [0.1, 0.15) is 51.9 Å². The predicted octanol–water partition coefficient (Wildman–Crippen LogP) is 3.08. The lowest BCUT2D eigenvalue weighted by atomic mass is 9.54. The van der Waals surface area contributed by atoms with Crippen LogP contribution in [-0.2, 0) is 0 Å². The Morgan fingerprint density at radius 1 is 1.00 bits per heavy atom. The number of rotatable bonds is 1. The van der Waals surface area contributed by atoms with Gasteiger partial charge in [0, 0.05) is 18.4 Å². The van der Waals surface area contributed by atoms with Crippen molar-refractivity contribution in [3.63, 3.8) is 0 Å². The molecule has 0 spiro atoms. The van der Waals surface area contributed by atoms with Crippen molar-refractivity contribution in [2.75, 3.05) is 0 Å². The van der Waals surface area contributed by atoms with Crippen molar-refractivity contribution < 1.29 is 8.78 Å². The van der Waals surface area contributed by atoms with Crippen molar-refractivity contribution in [2.24, 2.45) is 11.1 Å². The average Bonchev–Trinajstić information content (AvgIpc) is 2.01. The lowest BCUT2D eigenvalue weighted by Gasteiger charge is -2.57. The molecule has 1 nitrogen and oxygen atoms in total. The van der Waals surface area contributed by atoms with Gasteiger partial charge in [-0.15, -0.1) is 0 Å². The third-order valence-electron chi connectivity index (χ3n) is 4.31. The first-order valence-electron chi connectivity index (χ1n) is 5.54. The highest BCUT2D eigenvalue weighted by Gasteiger charge is 2.61. The number of alkyl halides is 2. The summed E-state index contributed by atoms with van der Waals surface area (Å²) in [6, 6.07) is 0. The SMILES string of the molecule is CC1(C2(N)CC(F)(F)C2)CCCCC1. The summed E-state index contributed by atoms with van der Waals surface area (Å²) >= 11 is 0. The van der Waals surface area contributed by atoms with Gasteiger partial charge in [0.2, 0.25) is 0 Å². The predicted molar refractivity (Wildman–Crippen MR) is 52.3 cm³/mol. The molecular weight excluding hydrogens is 184 g/mol. The molecule has 2 saturated carbocycles. The molecule has 3 heteroatoms. The zero-order valence-corrected chi connectivity index (χ0v) is 8.78.